The summed E-state index contributed by atoms with van der Waals surface area (Å²) in [5.41, 5.74) is -2.94. The second kappa shape index (κ2) is 12.0. The molecule has 1 heterocycles. The predicted molar refractivity (Wildman–Crippen MR) is 117 cm³/mol. The summed E-state index contributed by atoms with van der Waals surface area (Å²) in [6.45, 7) is 6.50. The molecule has 1 rings (SSSR count). The van der Waals surface area contributed by atoms with Gasteiger partial charge in [0.25, 0.3) is 0 Å². The van der Waals surface area contributed by atoms with E-state index in [1.807, 2.05) is 0 Å². The fraction of sp³-hybridized carbons (Fsp3) is 0.591. The second-order valence-corrected chi connectivity index (χ2v) is 8.91. The first-order chi connectivity index (χ1) is 14.5. The number of esters is 2. The van der Waals surface area contributed by atoms with Crippen LogP contribution in [0.4, 0.5) is 0 Å². The van der Waals surface area contributed by atoms with Gasteiger partial charge in [0, 0.05) is 36.0 Å². The lowest BCUT2D eigenvalue weighted by molar-refractivity contribution is -0.168. The number of carbonyl (C=O) groups is 4. The standard InChI is InChI=1S/C22H30BrNO7/c1-6-30-18(26)9-7-8-10-22(17(25)14-29-5,20(28)31-21(2,3)4)19(27)15-11-16(23)13-24-12-15/h11-13H,6-10,14H2,1-5H3. The largest absolute Gasteiger partial charge is 0.466 e. The molecule has 0 N–H and O–H groups in total. The van der Waals surface area contributed by atoms with Crippen LogP contribution in [0, 0.1) is 5.41 Å². The van der Waals surface area contributed by atoms with Crippen LogP contribution in [0.15, 0.2) is 22.9 Å². The van der Waals surface area contributed by atoms with Gasteiger partial charge in [-0.05, 0) is 62.5 Å². The van der Waals surface area contributed by atoms with E-state index in [4.69, 9.17) is 14.2 Å². The second-order valence-electron chi connectivity index (χ2n) is 8.00. The number of ether oxygens (including phenoxy) is 3. The van der Waals surface area contributed by atoms with Crippen molar-refractivity contribution in [3.05, 3.63) is 28.5 Å². The van der Waals surface area contributed by atoms with Gasteiger partial charge in [-0.25, -0.2) is 0 Å². The Hall–Kier alpha value is -2.13. The zero-order chi connectivity index (χ0) is 23.7. The minimum absolute atomic E-state index is 0.0927. The lowest BCUT2D eigenvalue weighted by Crippen LogP contribution is -2.51. The number of hydrogen-bond acceptors (Lipinski definition) is 8. The van der Waals surface area contributed by atoms with Crippen molar-refractivity contribution < 1.29 is 33.4 Å². The number of pyridine rings is 1. The van der Waals surface area contributed by atoms with E-state index in [0.29, 0.717) is 10.9 Å². The van der Waals surface area contributed by atoms with Gasteiger partial charge in [0.15, 0.2) is 17.0 Å². The molecule has 8 nitrogen and oxygen atoms in total. The molecule has 0 bridgehead atoms. The Morgan fingerprint density at radius 2 is 1.77 bits per heavy atom. The SMILES string of the molecule is CCOC(=O)CCCCC(C(=O)COC)(C(=O)OC(C)(C)C)C(=O)c1cncc(Br)c1. The Morgan fingerprint density at radius 3 is 2.32 bits per heavy atom. The maximum atomic E-state index is 13.6. The van der Waals surface area contributed by atoms with Crippen LogP contribution in [0.2, 0.25) is 0 Å². The van der Waals surface area contributed by atoms with E-state index in [2.05, 4.69) is 20.9 Å². The summed E-state index contributed by atoms with van der Waals surface area (Å²) in [7, 11) is 1.31. The van der Waals surface area contributed by atoms with Crippen LogP contribution in [0.25, 0.3) is 0 Å². The monoisotopic (exact) mass is 499 g/mol. The van der Waals surface area contributed by atoms with Crippen LogP contribution >= 0.6 is 15.9 Å². The van der Waals surface area contributed by atoms with E-state index in [-0.39, 0.29) is 37.4 Å². The number of hydrogen-bond donors (Lipinski definition) is 0. The highest BCUT2D eigenvalue weighted by molar-refractivity contribution is 9.10. The van der Waals surface area contributed by atoms with Gasteiger partial charge in [-0.1, -0.05) is 6.42 Å². The highest BCUT2D eigenvalue weighted by Crippen LogP contribution is 2.35. The lowest BCUT2D eigenvalue weighted by atomic mass is 9.72. The molecule has 0 amide bonds. The highest BCUT2D eigenvalue weighted by atomic mass is 79.9. The van der Waals surface area contributed by atoms with Crippen molar-refractivity contribution in [3.63, 3.8) is 0 Å². The molecule has 0 fully saturated rings. The van der Waals surface area contributed by atoms with Crippen LogP contribution in [0.3, 0.4) is 0 Å². The van der Waals surface area contributed by atoms with Gasteiger partial charge in [0.2, 0.25) is 0 Å². The molecule has 31 heavy (non-hydrogen) atoms. The van der Waals surface area contributed by atoms with Crippen molar-refractivity contribution in [1.29, 1.82) is 0 Å². The Balaban J connectivity index is 3.35. The zero-order valence-corrected chi connectivity index (χ0v) is 20.2. The summed E-state index contributed by atoms with van der Waals surface area (Å²) in [6.07, 6.45) is 3.36. The summed E-state index contributed by atoms with van der Waals surface area (Å²) < 4.78 is 15.9. The topological polar surface area (TPSA) is 109 Å². The van der Waals surface area contributed by atoms with Crippen molar-refractivity contribution in [1.82, 2.24) is 4.98 Å². The fourth-order valence-corrected chi connectivity index (χ4v) is 3.35. The maximum absolute atomic E-state index is 13.6. The number of rotatable bonds is 12. The summed E-state index contributed by atoms with van der Waals surface area (Å²) in [6, 6.07) is 1.49. The van der Waals surface area contributed by atoms with Crippen LogP contribution < -0.4 is 0 Å². The van der Waals surface area contributed by atoms with Gasteiger partial charge in [-0.2, -0.15) is 0 Å². The summed E-state index contributed by atoms with van der Waals surface area (Å²) in [4.78, 5) is 55.6. The number of halogens is 1. The number of nitrogens with zero attached hydrogens (tertiary/aromatic N) is 1. The van der Waals surface area contributed by atoms with Gasteiger partial charge < -0.3 is 14.2 Å². The number of aromatic nitrogens is 1. The summed E-state index contributed by atoms with van der Waals surface area (Å²) in [5, 5.41) is 0. The molecule has 1 unspecified atom stereocenters. The first-order valence-electron chi connectivity index (χ1n) is 10.0. The number of Topliss-reactive ketones (excluding diaryl/α,β-unsaturated/α-hetero) is 2. The third kappa shape index (κ3) is 7.81. The van der Waals surface area contributed by atoms with Crippen molar-refractivity contribution in [3.8, 4) is 0 Å². The summed E-state index contributed by atoms with van der Waals surface area (Å²) >= 11 is 3.25. The number of unbranched alkanes of at least 4 members (excludes halogenated alkanes) is 1. The molecule has 0 aromatic carbocycles. The van der Waals surface area contributed by atoms with Crippen molar-refractivity contribution >= 4 is 39.4 Å². The van der Waals surface area contributed by atoms with Crippen LogP contribution in [-0.4, -0.2) is 54.4 Å². The molecule has 0 spiro atoms. The molecule has 0 aliphatic carbocycles. The van der Waals surface area contributed by atoms with Crippen molar-refractivity contribution in [2.45, 2.75) is 59.0 Å². The minimum Gasteiger partial charge on any atom is -0.466 e. The molecular formula is C22H30BrNO7. The maximum Gasteiger partial charge on any atom is 0.328 e. The number of carbonyl (C=O) groups excluding carboxylic acids is 4. The van der Waals surface area contributed by atoms with E-state index < -0.39 is 35.2 Å². The lowest BCUT2D eigenvalue weighted by Gasteiger charge is -2.32. The molecule has 1 aromatic heterocycles. The molecular weight excluding hydrogens is 470 g/mol. The molecule has 9 heteroatoms. The number of ketones is 2. The van der Waals surface area contributed by atoms with E-state index >= 15 is 0 Å². The van der Waals surface area contributed by atoms with Crippen LogP contribution in [-0.2, 0) is 28.6 Å². The average molecular weight is 500 g/mol. The molecule has 172 valence electrons. The van der Waals surface area contributed by atoms with Gasteiger partial charge in [-0.3, -0.25) is 24.2 Å². The first kappa shape index (κ1) is 26.9. The van der Waals surface area contributed by atoms with E-state index in [1.54, 1.807) is 27.7 Å². The summed E-state index contributed by atoms with van der Waals surface area (Å²) in [5.74, 6) is -2.74. The van der Waals surface area contributed by atoms with E-state index in [1.165, 1.54) is 25.6 Å². The normalized spacial score (nSPS) is 13.2. The van der Waals surface area contributed by atoms with Gasteiger partial charge >= 0.3 is 11.9 Å². The van der Waals surface area contributed by atoms with Crippen molar-refractivity contribution in [2.24, 2.45) is 5.41 Å². The third-order valence-corrected chi connectivity index (χ3v) is 4.78. The fourth-order valence-electron chi connectivity index (χ4n) is 2.98. The average Bonchev–Trinajstić information content (AvgIpc) is 2.66. The van der Waals surface area contributed by atoms with Gasteiger partial charge in [0.1, 0.15) is 12.2 Å². The third-order valence-electron chi connectivity index (χ3n) is 4.34. The zero-order valence-electron chi connectivity index (χ0n) is 18.7. The molecule has 0 aliphatic heterocycles. The van der Waals surface area contributed by atoms with Crippen LogP contribution in [0.5, 0.6) is 0 Å². The predicted octanol–water partition coefficient (Wildman–Crippen LogP) is 3.69. The molecule has 0 saturated heterocycles. The van der Waals surface area contributed by atoms with Gasteiger partial charge in [0.05, 0.1) is 6.61 Å². The molecule has 1 aromatic rings. The minimum atomic E-state index is -2.11. The Morgan fingerprint density at radius 1 is 1.10 bits per heavy atom. The first-order valence-corrected chi connectivity index (χ1v) is 10.8. The smallest absolute Gasteiger partial charge is 0.328 e. The molecule has 0 saturated carbocycles. The molecule has 1 atom stereocenters. The number of methoxy groups -OCH3 is 1. The van der Waals surface area contributed by atoms with Crippen molar-refractivity contribution in [2.75, 3.05) is 20.3 Å². The Labute approximate surface area is 191 Å². The quantitative estimate of drug-likeness (QED) is 0.185. The van der Waals surface area contributed by atoms with Crippen LogP contribution in [0.1, 0.15) is 63.7 Å². The Bertz CT molecular complexity index is 803. The Kier molecular flexibility index (Phi) is 10.5. The van der Waals surface area contributed by atoms with E-state index in [9.17, 15) is 19.2 Å². The molecule has 0 aliphatic rings. The molecule has 0 radical (unpaired) electrons. The van der Waals surface area contributed by atoms with E-state index in [0.717, 1.165) is 0 Å². The highest BCUT2D eigenvalue weighted by Gasteiger charge is 2.54. The van der Waals surface area contributed by atoms with Gasteiger partial charge in [-0.15, -0.1) is 0 Å².